The molecule has 0 aliphatic heterocycles. The summed E-state index contributed by atoms with van der Waals surface area (Å²) in [5, 5.41) is 4.33. The summed E-state index contributed by atoms with van der Waals surface area (Å²) in [6.45, 7) is 0. The molecule has 0 spiro atoms. The topological polar surface area (TPSA) is 34.0 Å². The summed E-state index contributed by atoms with van der Waals surface area (Å²) in [5.41, 5.74) is 1.44. The summed E-state index contributed by atoms with van der Waals surface area (Å²) in [6, 6.07) is 5.30. The van der Waals surface area contributed by atoms with Gasteiger partial charge in [0.2, 0.25) is 0 Å². The Morgan fingerprint density at radius 2 is 2.06 bits per heavy atom. The second-order valence-corrected chi connectivity index (χ2v) is 4.25. The van der Waals surface area contributed by atoms with Crippen molar-refractivity contribution in [1.82, 2.24) is 9.88 Å². The molecule has 1 heterocycles. The zero-order chi connectivity index (χ0) is 11.9. The molecule has 1 aromatic carbocycles. The molecule has 84 valence electrons. The van der Waals surface area contributed by atoms with Gasteiger partial charge in [0, 0.05) is 25.0 Å². The molecule has 0 aliphatic carbocycles. The van der Waals surface area contributed by atoms with Crippen molar-refractivity contribution in [3.63, 3.8) is 0 Å². The summed E-state index contributed by atoms with van der Waals surface area (Å²) in [6.07, 6.45) is 0. The van der Waals surface area contributed by atoms with Crippen LogP contribution in [-0.4, -0.2) is 17.5 Å². The minimum absolute atomic E-state index is 0.147. The normalized spacial score (nSPS) is 10.8. The van der Waals surface area contributed by atoms with Gasteiger partial charge in [0.1, 0.15) is 5.69 Å². The Morgan fingerprint density at radius 1 is 1.38 bits per heavy atom. The van der Waals surface area contributed by atoms with Crippen LogP contribution in [0.25, 0.3) is 10.9 Å². The average Bonchev–Trinajstić information content (AvgIpc) is 2.61. The lowest BCUT2D eigenvalue weighted by Gasteiger charge is -2.02. The van der Waals surface area contributed by atoms with Crippen molar-refractivity contribution >= 4 is 40.0 Å². The number of carbonyl (C=O) groups is 1. The molecular formula is C11H10Cl2N2O. The number of aryl methyl sites for hydroxylation is 1. The van der Waals surface area contributed by atoms with Crippen LogP contribution >= 0.6 is 23.2 Å². The van der Waals surface area contributed by atoms with Gasteiger partial charge in [0.05, 0.1) is 10.0 Å². The predicted octanol–water partition coefficient (Wildman–Crippen LogP) is 2.84. The average molecular weight is 257 g/mol. The Balaban J connectivity index is 2.77. The van der Waals surface area contributed by atoms with E-state index in [-0.39, 0.29) is 5.91 Å². The summed E-state index contributed by atoms with van der Waals surface area (Å²) in [7, 11) is 3.41. The summed E-state index contributed by atoms with van der Waals surface area (Å²) in [5.74, 6) is -0.147. The molecule has 3 nitrogen and oxygen atoms in total. The summed E-state index contributed by atoms with van der Waals surface area (Å²) < 4.78 is 1.79. The predicted molar refractivity (Wildman–Crippen MR) is 66.3 cm³/mol. The van der Waals surface area contributed by atoms with Crippen LogP contribution in [0, 0.1) is 0 Å². The fourth-order valence-electron chi connectivity index (χ4n) is 1.70. The van der Waals surface area contributed by atoms with E-state index in [1.54, 1.807) is 23.7 Å². The van der Waals surface area contributed by atoms with Gasteiger partial charge in [-0.05, 0) is 18.2 Å². The quantitative estimate of drug-likeness (QED) is 0.837. The van der Waals surface area contributed by atoms with Gasteiger partial charge in [-0.2, -0.15) is 0 Å². The van der Waals surface area contributed by atoms with Crippen molar-refractivity contribution in [1.29, 1.82) is 0 Å². The molecule has 0 radical (unpaired) electrons. The number of hydrogen-bond donors (Lipinski definition) is 1. The second kappa shape index (κ2) is 4.00. The minimum atomic E-state index is -0.147. The van der Waals surface area contributed by atoms with Crippen LogP contribution in [0.3, 0.4) is 0 Å². The van der Waals surface area contributed by atoms with E-state index in [1.165, 1.54) is 0 Å². The van der Waals surface area contributed by atoms with E-state index in [4.69, 9.17) is 23.2 Å². The molecule has 5 heteroatoms. The number of fused-ring (bicyclic) bond motifs is 1. The molecule has 0 atom stereocenters. The molecule has 0 unspecified atom stereocenters. The maximum absolute atomic E-state index is 11.6. The molecule has 1 amide bonds. The highest BCUT2D eigenvalue weighted by molar-refractivity contribution is 6.45. The number of amides is 1. The Labute approximate surface area is 103 Å². The van der Waals surface area contributed by atoms with E-state index in [0.29, 0.717) is 15.7 Å². The largest absolute Gasteiger partial charge is 0.354 e. The maximum Gasteiger partial charge on any atom is 0.267 e. The Kier molecular flexibility index (Phi) is 2.82. The maximum atomic E-state index is 11.6. The Morgan fingerprint density at radius 3 is 2.69 bits per heavy atom. The van der Waals surface area contributed by atoms with Gasteiger partial charge in [0.25, 0.3) is 5.91 Å². The first-order valence-corrected chi connectivity index (χ1v) is 5.47. The van der Waals surface area contributed by atoms with Crippen molar-refractivity contribution in [3.8, 4) is 0 Å². The third-order valence-electron chi connectivity index (χ3n) is 2.57. The van der Waals surface area contributed by atoms with E-state index in [2.05, 4.69) is 5.32 Å². The first-order valence-electron chi connectivity index (χ1n) is 4.71. The fraction of sp³-hybridized carbons (Fsp3) is 0.182. The molecule has 0 bridgehead atoms. The van der Waals surface area contributed by atoms with Crippen molar-refractivity contribution in [2.45, 2.75) is 0 Å². The number of halogens is 2. The van der Waals surface area contributed by atoms with E-state index in [9.17, 15) is 4.79 Å². The van der Waals surface area contributed by atoms with Crippen LogP contribution in [0.4, 0.5) is 0 Å². The van der Waals surface area contributed by atoms with E-state index < -0.39 is 0 Å². The molecule has 0 saturated carbocycles. The SMILES string of the molecule is CNC(=O)c1cc2c(Cl)c(Cl)ccc2n1C. The monoisotopic (exact) mass is 256 g/mol. The van der Waals surface area contributed by atoms with Crippen LogP contribution in [0.1, 0.15) is 10.5 Å². The van der Waals surface area contributed by atoms with Crippen LogP contribution in [0.2, 0.25) is 10.0 Å². The lowest BCUT2D eigenvalue weighted by Crippen LogP contribution is -2.20. The molecule has 16 heavy (non-hydrogen) atoms. The minimum Gasteiger partial charge on any atom is -0.354 e. The summed E-state index contributed by atoms with van der Waals surface area (Å²) >= 11 is 12.0. The molecule has 1 aromatic heterocycles. The van der Waals surface area contributed by atoms with E-state index in [1.807, 2.05) is 13.1 Å². The molecule has 0 fully saturated rings. The zero-order valence-electron chi connectivity index (χ0n) is 8.84. The first-order chi connectivity index (χ1) is 7.56. The number of carbonyl (C=O) groups excluding carboxylic acids is 1. The number of benzene rings is 1. The number of rotatable bonds is 1. The third-order valence-corrected chi connectivity index (χ3v) is 3.39. The summed E-state index contributed by atoms with van der Waals surface area (Å²) in [4.78, 5) is 11.6. The van der Waals surface area contributed by atoms with Crippen LogP contribution < -0.4 is 5.32 Å². The van der Waals surface area contributed by atoms with Crippen molar-refractivity contribution in [2.75, 3.05) is 7.05 Å². The Bertz CT molecular complexity index is 575. The first kappa shape index (κ1) is 11.3. The van der Waals surface area contributed by atoms with E-state index in [0.717, 1.165) is 10.9 Å². The molecular weight excluding hydrogens is 247 g/mol. The Hall–Kier alpha value is -1.19. The van der Waals surface area contributed by atoms with Gasteiger partial charge in [-0.15, -0.1) is 0 Å². The molecule has 0 saturated heterocycles. The number of nitrogens with one attached hydrogen (secondary N) is 1. The third kappa shape index (κ3) is 1.56. The fourth-order valence-corrected chi connectivity index (χ4v) is 2.07. The highest BCUT2D eigenvalue weighted by Crippen LogP contribution is 2.32. The number of hydrogen-bond acceptors (Lipinski definition) is 1. The van der Waals surface area contributed by atoms with Gasteiger partial charge in [-0.3, -0.25) is 4.79 Å². The second-order valence-electron chi connectivity index (χ2n) is 3.46. The molecule has 2 aromatic rings. The zero-order valence-corrected chi connectivity index (χ0v) is 10.4. The molecule has 0 aliphatic rings. The van der Waals surface area contributed by atoms with Crippen molar-refractivity contribution < 1.29 is 4.79 Å². The van der Waals surface area contributed by atoms with E-state index >= 15 is 0 Å². The smallest absolute Gasteiger partial charge is 0.267 e. The highest BCUT2D eigenvalue weighted by atomic mass is 35.5. The lowest BCUT2D eigenvalue weighted by atomic mass is 10.2. The van der Waals surface area contributed by atoms with Gasteiger partial charge in [0.15, 0.2) is 0 Å². The van der Waals surface area contributed by atoms with Gasteiger partial charge < -0.3 is 9.88 Å². The molecule has 2 rings (SSSR count). The molecule has 1 N–H and O–H groups in total. The van der Waals surface area contributed by atoms with Gasteiger partial charge in [-0.1, -0.05) is 23.2 Å². The van der Waals surface area contributed by atoms with Crippen molar-refractivity contribution in [3.05, 3.63) is 33.9 Å². The van der Waals surface area contributed by atoms with Crippen LogP contribution in [0.15, 0.2) is 18.2 Å². The standard InChI is InChI=1S/C11H10Cl2N2O/c1-14-11(16)9-5-6-8(15(9)2)4-3-7(12)10(6)13/h3-5H,1-2H3,(H,14,16). The number of nitrogens with zero attached hydrogens (tertiary/aromatic N) is 1. The van der Waals surface area contributed by atoms with Gasteiger partial charge in [-0.25, -0.2) is 0 Å². The van der Waals surface area contributed by atoms with Crippen LogP contribution in [-0.2, 0) is 7.05 Å². The lowest BCUT2D eigenvalue weighted by molar-refractivity contribution is 0.0955. The van der Waals surface area contributed by atoms with Crippen molar-refractivity contribution in [2.24, 2.45) is 7.05 Å². The highest BCUT2D eigenvalue weighted by Gasteiger charge is 2.14. The van der Waals surface area contributed by atoms with Gasteiger partial charge >= 0.3 is 0 Å². The number of aromatic nitrogens is 1. The van der Waals surface area contributed by atoms with Crippen LogP contribution in [0.5, 0.6) is 0 Å².